The lowest BCUT2D eigenvalue weighted by Gasteiger charge is -2.05. The predicted molar refractivity (Wildman–Crippen MR) is 90.2 cm³/mol. The maximum atomic E-state index is 11.9. The van der Waals surface area contributed by atoms with Crippen molar-refractivity contribution in [1.29, 1.82) is 0 Å². The zero-order valence-electron chi connectivity index (χ0n) is 12.9. The number of aromatic nitrogens is 1. The van der Waals surface area contributed by atoms with Crippen LogP contribution in [0.25, 0.3) is 6.08 Å². The number of nitrogens with zero attached hydrogens (tertiary/aromatic N) is 2. The van der Waals surface area contributed by atoms with Crippen molar-refractivity contribution >= 4 is 28.5 Å². The molecule has 5 nitrogen and oxygen atoms in total. The van der Waals surface area contributed by atoms with Crippen LogP contribution < -0.4 is 10.1 Å². The van der Waals surface area contributed by atoms with Gasteiger partial charge in [-0.25, -0.2) is 4.98 Å². The highest BCUT2D eigenvalue weighted by molar-refractivity contribution is 7.13. The summed E-state index contributed by atoms with van der Waals surface area (Å²) in [6.07, 6.45) is 3.25. The van der Waals surface area contributed by atoms with E-state index in [1.165, 1.54) is 17.4 Å². The van der Waals surface area contributed by atoms with Crippen molar-refractivity contribution in [2.75, 3.05) is 26.5 Å². The highest BCUT2D eigenvalue weighted by atomic mass is 32.1. The van der Waals surface area contributed by atoms with Crippen molar-refractivity contribution in [3.8, 4) is 5.75 Å². The average molecular weight is 317 g/mol. The Morgan fingerprint density at radius 2 is 2.09 bits per heavy atom. The third-order valence-corrected chi connectivity index (χ3v) is 3.61. The lowest BCUT2D eigenvalue weighted by molar-refractivity contribution is -0.111. The SMILES string of the molecule is COc1ccc(/C=C/C(=O)Nc2nc(CN(C)C)cs2)cc1. The van der Waals surface area contributed by atoms with Crippen LogP contribution in [0.5, 0.6) is 5.75 Å². The summed E-state index contributed by atoms with van der Waals surface area (Å²) in [6.45, 7) is 0.758. The maximum Gasteiger partial charge on any atom is 0.250 e. The highest BCUT2D eigenvalue weighted by Crippen LogP contribution is 2.16. The molecule has 0 atom stereocenters. The van der Waals surface area contributed by atoms with Gasteiger partial charge in [0.25, 0.3) is 0 Å². The van der Waals surface area contributed by atoms with Crippen LogP contribution in [0.3, 0.4) is 0 Å². The second-order valence-corrected chi connectivity index (χ2v) is 5.84. The van der Waals surface area contributed by atoms with Crippen molar-refractivity contribution in [2.45, 2.75) is 6.54 Å². The van der Waals surface area contributed by atoms with Crippen LogP contribution in [-0.4, -0.2) is 37.0 Å². The normalized spacial score (nSPS) is 11.1. The Morgan fingerprint density at radius 3 is 2.73 bits per heavy atom. The first kappa shape index (κ1) is 16.2. The van der Waals surface area contributed by atoms with Gasteiger partial charge in [-0.05, 0) is 37.9 Å². The number of carbonyl (C=O) groups excluding carboxylic acids is 1. The Kier molecular flexibility index (Phi) is 5.68. The Balaban J connectivity index is 1.91. The average Bonchev–Trinajstić information content (AvgIpc) is 2.92. The van der Waals surface area contributed by atoms with Crippen LogP contribution in [0.15, 0.2) is 35.7 Å². The number of hydrogen-bond acceptors (Lipinski definition) is 5. The van der Waals surface area contributed by atoms with Crippen molar-refractivity contribution in [3.05, 3.63) is 47.0 Å². The monoisotopic (exact) mass is 317 g/mol. The van der Waals surface area contributed by atoms with Crippen molar-refractivity contribution in [1.82, 2.24) is 9.88 Å². The van der Waals surface area contributed by atoms with E-state index in [1.807, 2.05) is 48.6 Å². The van der Waals surface area contributed by atoms with Crippen LogP contribution in [0, 0.1) is 0 Å². The van der Waals surface area contributed by atoms with E-state index < -0.39 is 0 Å². The summed E-state index contributed by atoms with van der Waals surface area (Å²) in [5.41, 5.74) is 1.88. The van der Waals surface area contributed by atoms with Gasteiger partial charge in [0.15, 0.2) is 5.13 Å². The minimum atomic E-state index is -0.193. The number of amides is 1. The fraction of sp³-hybridized carbons (Fsp3) is 0.250. The molecule has 0 bridgehead atoms. The summed E-state index contributed by atoms with van der Waals surface area (Å²) in [4.78, 5) is 18.3. The number of benzene rings is 1. The van der Waals surface area contributed by atoms with Gasteiger partial charge in [0.1, 0.15) is 5.75 Å². The van der Waals surface area contributed by atoms with Gasteiger partial charge in [0.05, 0.1) is 12.8 Å². The molecule has 1 N–H and O–H groups in total. The van der Waals surface area contributed by atoms with Crippen molar-refractivity contribution in [2.24, 2.45) is 0 Å². The lowest BCUT2D eigenvalue weighted by Crippen LogP contribution is -2.11. The summed E-state index contributed by atoms with van der Waals surface area (Å²) < 4.78 is 5.09. The molecule has 1 amide bonds. The van der Waals surface area contributed by atoms with Gasteiger partial charge in [-0.2, -0.15) is 0 Å². The standard InChI is InChI=1S/C16H19N3O2S/c1-19(2)10-13-11-22-16(17-13)18-15(20)9-6-12-4-7-14(21-3)8-5-12/h4-9,11H,10H2,1-3H3,(H,17,18,20)/b9-6+. The fourth-order valence-corrected chi connectivity index (χ4v) is 2.50. The first-order valence-corrected chi connectivity index (χ1v) is 7.67. The fourth-order valence-electron chi connectivity index (χ4n) is 1.79. The molecule has 0 saturated heterocycles. The van der Waals surface area contributed by atoms with Gasteiger partial charge in [0.2, 0.25) is 5.91 Å². The summed E-state index contributed by atoms with van der Waals surface area (Å²) in [7, 11) is 5.58. The van der Waals surface area contributed by atoms with Gasteiger partial charge in [-0.3, -0.25) is 10.1 Å². The van der Waals surface area contributed by atoms with Gasteiger partial charge >= 0.3 is 0 Å². The molecule has 0 fully saturated rings. The van der Waals surface area contributed by atoms with E-state index >= 15 is 0 Å². The van der Waals surface area contributed by atoms with Crippen LogP contribution in [-0.2, 0) is 11.3 Å². The lowest BCUT2D eigenvalue weighted by atomic mass is 10.2. The number of methoxy groups -OCH3 is 1. The van der Waals surface area contributed by atoms with E-state index in [9.17, 15) is 4.79 Å². The number of rotatable bonds is 6. The number of anilines is 1. The number of hydrogen-bond donors (Lipinski definition) is 1. The number of ether oxygens (including phenoxy) is 1. The summed E-state index contributed by atoms with van der Waals surface area (Å²) in [5.74, 6) is 0.597. The third kappa shape index (κ3) is 4.98. The molecule has 6 heteroatoms. The van der Waals surface area contributed by atoms with E-state index in [-0.39, 0.29) is 5.91 Å². The topological polar surface area (TPSA) is 54.5 Å². The second-order valence-electron chi connectivity index (χ2n) is 4.98. The van der Waals surface area contributed by atoms with Crippen molar-refractivity contribution < 1.29 is 9.53 Å². The minimum absolute atomic E-state index is 0.193. The number of thiazole rings is 1. The summed E-state index contributed by atoms with van der Waals surface area (Å²) >= 11 is 1.43. The van der Waals surface area contributed by atoms with Gasteiger partial charge in [0, 0.05) is 18.0 Å². The molecule has 1 heterocycles. The first-order valence-electron chi connectivity index (χ1n) is 6.79. The highest BCUT2D eigenvalue weighted by Gasteiger charge is 2.05. The van der Waals surface area contributed by atoms with Crippen LogP contribution in [0.2, 0.25) is 0 Å². The second kappa shape index (κ2) is 7.72. The van der Waals surface area contributed by atoms with Crippen molar-refractivity contribution in [3.63, 3.8) is 0 Å². The molecule has 0 spiro atoms. The van der Waals surface area contributed by atoms with E-state index in [2.05, 4.69) is 10.3 Å². The molecule has 2 aromatic rings. The maximum absolute atomic E-state index is 11.9. The van der Waals surface area contributed by atoms with Gasteiger partial charge < -0.3 is 9.64 Å². The smallest absolute Gasteiger partial charge is 0.250 e. The van der Waals surface area contributed by atoms with E-state index in [0.29, 0.717) is 5.13 Å². The molecular weight excluding hydrogens is 298 g/mol. The zero-order chi connectivity index (χ0) is 15.9. The summed E-state index contributed by atoms with van der Waals surface area (Å²) in [6, 6.07) is 7.49. The number of nitrogens with one attached hydrogen (secondary N) is 1. The molecule has 0 unspecified atom stereocenters. The predicted octanol–water partition coefficient (Wildman–Crippen LogP) is 2.87. The first-order chi connectivity index (χ1) is 10.6. The Morgan fingerprint density at radius 1 is 1.36 bits per heavy atom. The van der Waals surface area contributed by atoms with Gasteiger partial charge in [-0.1, -0.05) is 12.1 Å². The van der Waals surface area contributed by atoms with Gasteiger partial charge in [-0.15, -0.1) is 11.3 Å². The summed E-state index contributed by atoms with van der Waals surface area (Å²) in [5, 5.41) is 5.33. The van der Waals surface area contributed by atoms with E-state index in [0.717, 1.165) is 23.6 Å². The largest absolute Gasteiger partial charge is 0.497 e. The molecule has 0 aliphatic heterocycles. The Labute approximate surface area is 134 Å². The van der Waals surface area contributed by atoms with E-state index in [4.69, 9.17) is 4.74 Å². The van der Waals surface area contributed by atoms with Crippen LogP contribution >= 0.6 is 11.3 Å². The Bertz CT molecular complexity index is 648. The molecule has 1 aromatic heterocycles. The quantitative estimate of drug-likeness (QED) is 0.832. The molecule has 0 aliphatic carbocycles. The van der Waals surface area contributed by atoms with Crippen LogP contribution in [0.4, 0.5) is 5.13 Å². The number of carbonyl (C=O) groups is 1. The zero-order valence-corrected chi connectivity index (χ0v) is 13.7. The third-order valence-electron chi connectivity index (χ3n) is 2.80. The molecule has 0 aliphatic rings. The molecule has 0 saturated carbocycles. The Hall–Kier alpha value is -2.18. The molecule has 0 radical (unpaired) electrons. The molecule has 22 heavy (non-hydrogen) atoms. The molecule has 1 aromatic carbocycles. The van der Waals surface area contributed by atoms with Crippen LogP contribution in [0.1, 0.15) is 11.3 Å². The minimum Gasteiger partial charge on any atom is -0.497 e. The molecular formula is C16H19N3O2S. The molecule has 116 valence electrons. The molecule has 2 rings (SSSR count). The van der Waals surface area contributed by atoms with E-state index in [1.54, 1.807) is 13.2 Å².